The fourth-order valence-corrected chi connectivity index (χ4v) is 2.44. The Morgan fingerprint density at radius 3 is 2.58 bits per heavy atom. The molecule has 1 aliphatic rings. The summed E-state index contributed by atoms with van der Waals surface area (Å²) in [5.41, 5.74) is 8.06. The molecule has 0 aliphatic carbocycles. The minimum Gasteiger partial charge on any atom is -0.465 e. The number of hydrogen-bond acceptors (Lipinski definition) is 5. The van der Waals surface area contributed by atoms with Crippen LogP contribution in [0.3, 0.4) is 0 Å². The third kappa shape index (κ3) is 2.98. The Labute approximate surface area is 113 Å². The zero-order valence-corrected chi connectivity index (χ0v) is 11.6. The van der Waals surface area contributed by atoms with E-state index in [4.69, 9.17) is 15.2 Å². The molecule has 1 aromatic carbocycles. The lowest BCUT2D eigenvalue weighted by Gasteiger charge is -2.37. The first-order valence-electron chi connectivity index (χ1n) is 6.39. The highest BCUT2D eigenvalue weighted by Gasteiger charge is 2.24. The molecule has 0 radical (unpaired) electrons. The molecule has 1 fully saturated rings. The molecule has 104 valence electrons. The number of benzene rings is 1. The number of carbonyl (C=O) groups is 1. The van der Waals surface area contributed by atoms with Gasteiger partial charge in [-0.25, -0.2) is 4.79 Å². The molecule has 5 nitrogen and oxygen atoms in total. The number of carbonyl (C=O) groups excluding carboxylic acids is 1. The standard InChI is InChI=1S/C14H20N2O3/c1-9-7-16(8-10(2)19-9)13-6-11(14(17)18-3)4-5-12(13)15/h4-6,9-10H,7-8,15H2,1-3H3. The third-order valence-electron chi connectivity index (χ3n) is 3.21. The van der Waals surface area contributed by atoms with E-state index in [9.17, 15) is 4.79 Å². The predicted molar refractivity (Wildman–Crippen MR) is 74.4 cm³/mol. The summed E-state index contributed by atoms with van der Waals surface area (Å²) in [6, 6.07) is 5.20. The number of morpholine rings is 1. The molecule has 1 aliphatic heterocycles. The van der Waals surface area contributed by atoms with Gasteiger partial charge in [-0.1, -0.05) is 0 Å². The SMILES string of the molecule is COC(=O)c1ccc(N)c(N2CC(C)OC(C)C2)c1. The first-order valence-corrected chi connectivity index (χ1v) is 6.39. The van der Waals surface area contributed by atoms with Crippen molar-refractivity contribution in [1.82, 2.24) is 0 Å². The van der Waals surface area contributed by atoms with Crippen molar-refractivity contribution in [2.75, 3.05) is 30.8 Å². The van der Waals surface area contributed by atoms with Crippen LogP contribution in [0, 0.1) is 0 Å². The molecule has 2 rings (SSSR count). The van der Waals surface area contributed by atoms with Crippen LogP contribution in [0.25, 0.3) is 0 Å². The maximum atomic E-state index is 11.6. The van der Waals surface area contributed by atoms with Crippen LogP contribution >= 0.6 is 0 Å². The van der Waals surface area contributed by atoms with E-state index in [2.05, 4.69) is 4.90 Å². The summed E-state index contributed by atoms with van der Waals surface area (Å²) >= 11 is 0. The van der Waals surface area contributed by atoms with Gasteiger partial charge in [0.15, 0.2) is 0 Å². The van der Waals surface area contributed by atoms with Gasteiger partial charge in [0.05, 0.1) is 36.3 Å². The molecule has 2 N–H and O–H groups in total. The van der Waals surface area contributed by atoms with Gasteiger partial charge >= 0.3 is 5.97 Å². The molecular formula is C14H20N2O3. The first kappa shape index (κ1) is 13.7. The number of nitrogen functional groups attached to an aromatic ring is 1. The summed E-state index contributed by atoms with van der Waals surface area (Å²) in [5.74, 6) is -0.351. The van der Waals surface area contributed by atoms with Crippen LogP contribution in [0.15, 0.2) is 18.2 Å². The van der Waals surface area contributed by atoms with Crippen molar-refractivity contribution < 1.29 is 14.3 Å². The predicted octanol–water partition coefficient (Wildman–Crippen LogP) is 1.67. The Hall–Kier alpha value is -1.75. The molecule has 1 saturated heterocycles. The number of nitrogens with zero attached hydrogens (tertiary/aromatic N) is 1. The van der Waals surface area contributed by atoms with Crippen LogP contribution in [-0.4, -0.2) is 38.4 Å². The summed E-state index contributed by atoms with van der Waals surface area (Å²) < 4.78 is 10.4. The second-order valence-electron chi connectivity index (χ2n) is 4.93. The van der Waals surface area contributed by atoms with Crippen LogP contribution in [0.5, 0.6) is 0 Å². The topological polar surface area (TPSA) is 64.8 Å². The van der Waals surface area contributed by atoms with E-state index in [1.165, 1.54) is 7.11 Å². The monoisotopic (exact) mass is 264 g/mol. The summed E-state index contributed by atoms with van der Waals surface area (Å²) in [5, 5.41) is 0. The average molecular weight is 264 g/mol. The van der Waals surface area contributed by atoms with Gasteiger partial charge in [0.2, 0.25) is 0 Å². The lowest BCUT2D eigenvalue weighted by Crippen LogP contribution is -2.45. The lowest BCUT2D eigenvalue weighted by atomic mass is 10.1. The summed E-state index contributed by atoms with van der Waals surface area (Å²) in [7, 11) is 1.37. The van der Waals surface area contributed by atoms with Gasteiger partial charge in [-0.3, -0.25) is 0 Å². The molecule has 2 atom stereocenters. The van der Waals surface area contributed by atoms with Gasteiger partial charge in [0.1, 0.15) is 0 Å². The van der Waals surface area contributed by atoms with Crippen molar-refractivity contribution in [2.24, 2.45) is 0 Å². The van der Waals surface area contributed by atoms with E-state index in [0.717, 1.165) is 18.8 Å². The van der Waals surface area contributed by atoms with Gasteiger partial charge in [-0.05, 0) is 32.0 Å². The average Bonchev–Trinajstić information content (AvgIpc) is 2.37. The summed E-state index contributed by atoms with van der Waals surface area (Å²) in [4.78, 5) is 13.7. The molecule has 5 heteroatoms. The van der Waals surface area contributed by atoms with E-state index < -0.39 is 0 Å². The Kier molecular flexibility index (Phi) is 3.95. The van der Waals surface area contributed by atoms with Crippen molar-refractivity contribution in [3.8, 4) is 0 Å². The molecular weight excluding hydrogens is 244 g/mol. The van der Waals surface area contributed by atoms with Crippen molar-refractivity contribution >= 4 is 17.3 Å². The van der Waals surface area contributed by atoms with E-state index in [-0.39, 0.29) is 18.2 Å². The van der Waals surface area contributed by atoms with Crippen molar-refractivity contribution in [1.29, 1.82) is 0 Å². The second-order valence-corrected chi connectivity index (χ2v) is 4.93. The minimum absolute atomic E-state index is 0.143. The Bertz CT molecular complexity index is 466. The molecule has 1 aromatic rings. The molecule has 0 spiro atoms. The van der Waals surface area contributed by atoms with Crippen LogP contribution in [0.4, 0.5) is 11.4 Å². The van der Waals surface area contributed by atoms with E-state index in [1.807, 2.05) is 13.8 Å². The Morgan fingerprint density at radius 1 is 1.37 bits per heavy atom. The molecule has 1 heterocycles. The number of hydrogen-bond donors (Lipinski definition) is 1. The van der Waals surface area contributed by atoms with Crippen LogP contribution in [0.2, 0.25) is 0 Å². The lowest BCUT2D eigenvalue weighted by molar-refractivity contribution is -0.00517. The van der Waals surface area contributed by atoms with Crippen molar-refractivity contribution in [2.45, 2.75) is 26.1 Å². The van der Waals surface area contributed by atoms with Crippen molar-refractivity contribution in [3.63, 3.8) is 0 Å². The number of anilines is 2. The minimum atomic E-state index is -0.351. The summed E-state index contributed by atoms with van der Waals surface area (Å²) in [6.45, 7) is 5.59. The molecule has 0 saturated carbocycles. The number of esters is 1. The molecule has 19 heavy (non-hydrogen) atoms. The van der Waals surface area contributed by atoms with Gasteiger partial charge in [-0.15, -0.1) is 0 Å². The van der Waals surface area contributed by atoms with E-state index >= 15 is 0 Å². The normalized spacial score (nSPS) is 23.2. The van der Waals surface area contributed by atoms with Crippen LogP contribution in [-0.2, 0) is 9.47 Å². The Morgan fingerprint density at radius 2 is 2.00 bits per heavy atom. The van der Waals surface area contributed by atoms with Crippen molar-refractivity contribution in [3.05, 3.63) is 23.8 Å². The highest BCUT2D eigenvalue weighted by Crippen LogP contribution is 2.27. The smallest absolute Gasteiger partial charge is 0.337 e. The fraction of sp³-hybridized carbons (Fsp3) is 0.500. The number of methoxy groups -OCH3 is 1. The van der Waals surface area contributed by atoms with Crippen LogP contribution < -0.4 is 10.6 Å². The third-order valence-corrected chi connectivity index (χ3v) is 3.21. The van der Waals surface area contributed by atoms with E-state index in [1.54, 1.807) is 18.2 Å². The number of nitrogens with two attached hydrogens (primary N) is 1. The highest BCUT2D eigenvalue weighted by molar-refractivity contribution is 5.92. The maximum Gasteiger partial charge on any atom is 0.337 e. The second kappa shape index (κ2) is 5.48. The maximum absolute atomic E-state index is 11.6. The quantitative estimate of drug-likeness (QED) is 0.650. The Balaban J connectivity index is 2.30. The first-order chi connectivity index (χ1) is 9.01. The van der Waals surface area contributed by atoms with Gasteiger partial charge < -0.3 is 20.1 Å². The van der Waals surface area contributed by atoms with E-state index in [0.29, 0.717) is 11.3 Å². The summed E-state index contributed by atoms with van der Waals surface area (Å²) in [6.07, 6.45) is 0.287. The zero-order chi connectivity index (χ0) is 14.0. The van der Waals surface area contributed by atoms with Gasteiger partial charge in [-0.2, -0.15) is 0 Å². The number of ether oxygens (including phenoxy) is 2. The van der Waals surface area contributed by atoms with Crippen LogP contribution in [0.1, 0.15) is 24.2 Å². The fourth-order valence-electron chi connectivity index (χ4n) is 2.44. The highest BCUT2D eigenvalue weighted by atomic mass is 16.5. The number of rotatable bonds is 2. The van der Waals surface area contributed by atoms with Gasteiger partial charge in [0.25, 0.3) is 0 Å². The molecule has 0 aromatic heterocycles. The molecule has 0 amide bonds. The molecule has 0 bridgehead atoms. The zero-order valence-electron chi connectivity index (χ0n) is 11.6. The molecule has 2 unspecified atom stereocenters. The van der Waals surface area contributed by atoms with Gasteiger partial charge in [0, 0.05) is 13.1 Å². The largest absolute Gasteiger partial charge is 0.465 e.